The van der Waals surface area contributed by atoms with Gasteiger partial charge in [-0.3, -0.25) is 0 Å². The fourth-order valence-electron chi connectivity index (χ4n) is 3.77. The molecule has 0 aliphatic carbocycles. The summed E-state index contributed by atoms with van der Waals surface area (Å²) in [6.07, 6.45) is -0.630. The maximum atomic E-state index is 12.5. The minimum atomic E-state index is -0.630. The summed E-state index contributed by atoms with van der Waals surface area (Å²) in [5, 5.41) is 13.6. The highest BCUT2D eigenvalue weighted by molar-refractivity contribution is 6.06. The van der Waals surface area contributed by atoms with Crippen LogP contribution >= 0.6 is 0 Å². The topological polar surface area (TPSA) is 77.3 Å². The maximum absolute atomic E-state index is 12.5. The van der Waals surface area contributed by atoms with Crippen LogP contribution in [-0.4, -0.2) is 31.1 Å². The molecule has 0 saturated carbocycles. The van der Waals surface area contributed by atoms with E-state index >= 15 is 0 Å². The van der Waals surface area contributed by atoms with E-state index in [0.717, 1.165) is 11.1 Å². The van der Waals surface area contributed by atoms with E-state index in [1.807, 2.05) is 48.5 Å². The molecular formula is C24H21NO5. The Bertz CT molecular complexity index is 1070. The molecule has 0 bridgehead atoms. The van der Waals surface area contributed by atoms with Crippen LogP contribution in [-0.2, 0) is 4.74 Å². The predicted molar refractivity (Wildman–Crippen MR) is 112 cm³/mol. The number of carbonyl (C=O) groups excluding carboxylic acids is 1. The summed E-state index contributed by atoms with van der Waals surface area (Å²) in [5.41, 5.74) is 3.19. The second-order valence-electron chi connectivity index (χ2n) is 6.88. The Balaban J connectivity index is 1.84. The summed E-state index contributed by atoms with van der Waals surface area (Å²) in [7, 11) is 3.19. The predicted octanol–water partition coefficient (Wildman–Crippen LogP) is 4.58. The standard InChI is InChI=1S/C24H21NO5/c1-28-17-11-7-15(8-12-17)21(22(25-27)16-9-13-18(29-2)14-10-16)23-19-5-3-4-6-20(19)24(26)30-23/h3-14,21,23,27H,1-2H3/b25-22+. The Hall–Kier alpha value is -3.80. The van der Waals surface area contributed by atoms with Gasteiger partial charge in [-0.2, -0.15) is 0 Å². The first kappa shape index (κ1) is 19.5. The number of hydrogen-bond acceptors (Lipinski definition) is 6. The molecule has 0 saturated heterocycles. The van der Waals surface area contributed by atoms with Crippen molar-refractivity contribution in [3.63, 3.8) is 0 Å². The number of carbonyl (C=O) groups is 1. The highest BCUT2D eigenvalue weighted by atomic mass is 16.5. The summed E-state index contributed by atoms with van der Waals surface area (Å²) >= 11 is 0. The number of fused-ring (bicyclic) bond motifs is 1. The molecule has 2 unspecified atom stereocenters. The van der Waals surface area contributed by atoms with E-state index in [-0.39, 0.29) is 5.97 Å². The maximum Gasteiger partial charge on any atom is 0.339 e. The normalized spacial score (nSPS) is 16.5. The van der Waals surface area contributed by atoms with E-state index in [4.69, 9.17) is 14.2 Å². The average molecular weight is 403 g/mol. The first-order chi connectivity index (χ1) is 14.7. The van der Waals surface area contributed by atoms with E-state index < -0.39 is 12.0 Å². The lowest BCUT2D eigenvalue weighted by atomic mass is 9.82. The van der Waals surface area contributed by atoms with Crippen LogP contribution in [0.15, 0.2) is 78.0 Å². The van der Waals surface area contributed by atoms with E-state index in [1.54, 1.807) is 38.5 Å². The van der Waals surface area contributed by atoms with Crippen LogP contribution in [0.3, 0.4) is 0 Å². The Morgan fingerprint density at radius 2 is 1.53 bits per heavy atom. The molecule has 0 radical (unpaired) electrons. The van der Waals surface area contributed by atoms with Crippen molar-refractivity contribution < 1.29 is 24.2 Å². The van der Waals surface area contributed by atoms with Crippen molar-refractivity contribution in [1.82, 2.24) is 0 Å². The third kappa shape index (κ3) is 3.48. The summed E-state index contributed by atoms with van der Waals surface area (Å²) < 4.78 is 16.3. The van der Waals surface area contributed by atoms with Crippen LogP contribution < -0.4 is 9.47 Å². The molecule has 0 spiro atoms. The number of benzene rings is 3. The number of methoxy groups -OCH3 is 2. The Labute approximate surface area is 174 Å². The molecule has 1 aliphatic rings. The zero-order valence-electron chi connectivity index (χ0n) is 16.6. The highest BCUT2D eigenvalue weighted by Crippen LogP contribution is 2.43. The van der Waals surface area contributed by atoms with Gasteiger partial charge in [-0.25, -0.2) is 4.79 Å². The molecule has 0 fully saturated rings. The smallest absolute Gasteiger partial charge is 0.339 e. The molecule has 1 N–H and O–H groups in total. The first-order valence-corrected chi connectivity index (χ1v) is 9.46. The van der Waals surface area contributed by atoms with Gasteiger partial charge in [0, 0.05) is 11.1 Å². The van der Waals surface area contributed by atoms with Gasteiger partial charge in [-0.05, 0) is 48.0 Å². The van der Waals surface area contributed by atoms with Crippen LogP contribution in [0.25, 0.3) is 0 Å². The summed E-state index contributed by atoms with van der Waals surface area (Å²) in [4.78, 5) is 12.5. The molecule has 6 nitrogen and oxygen atoms in total. The molecule has 152 valence electrons. The summed E-state index contributed by atoms with van der Waals surface area (Å²) in [6.45, 7) is 0. The SMILES string of the molecule is COc1ccc(/C(=N\O)C(c2ccc(OC)cc2)C2OC(=O)c3ccccc32)cc1. The lowest BCUT2D eigenvalue weighted by Gasteiger charge is -2.25. The molecule has 0 aromatic heterocycles. The fourth-order valence-corrected chi connectivity index (χ4v) is 3.77. The molecule has 1 aliphatic heterocycles. The van der Waals surface area contributed by atoms with Crippen LogP contribution in [0.5, 0.6) is 11.5 Å². The molecule has 3 aromatic rings. The van der Waals surface area contributed by atoms with E-state index in [0.29, 0.717) is 28.3 Å². The van der Waals surface area contributed by atoms with Gasteiger partial charge in [-0.15, -0.1) is 0 Å². The van der Waals surface area contributed by atoms with E-state index in [2.05, 4.69) is 5.16 Å². The van der Waals surface area contributed by atoms with Gasteiger partial charge in [-0.1, -0.05) is 35.5 Å². The molecule has 2 atom stereocenters. The fraction of sp³-hybridized carbons (Fsp3) is 0.167. The summed E-state index contributed by atoms with van der Waals surface area (Å²) in [6, 6.07) is 21.9. The van der Waals surface area contributed by atoms with Gasteiger partial charge in [0.05, 0.1) is 31.4 Å². The molecule has 3 aromatic carbocycles. The summed E-state index contributed by atoms with van der Waals surface area (Å²) in [5.74, 6) is 0.478. The first-order valence-electron chi connectivity index (χ1n) is 9.46. The largest absolute Gasteiger partial charge is 0.497 e. The molecule has 0 amide bonds. The second kappa shape index (κ2) is 8.29. The van der Waals surface area contributed by atoms with Gasteiger partial charge in [0.15, 0.2) is 0 Å². The number of ether oxygens (including phenoxy) is 3. The minimum absolute atomic E-state index is 0.386. The minimum Gasteiger partial charge on any atom is -0.497 e. The van der Waals surface area contributed by atoms with E-state index in [1.165, 1.54) is 0 Å². The van der Waals surface area contributed by atoms with Crippen LogP contribution in [0, 0.1) is 0 Å². The van der Waals surface area contributed by atoms with Crippen molar-refractivity contribution in [2.75, 3.05) is 14.2 Å². The molecular weight excluding hydrogens is 382 g/mol. The van der Waals surface area contributed by atoms with Crippen molar-refractivity contribution in [3.05, 3.63) is 95.1 Å². The average Bonchev–Trinajstić information content (AvgIpc) is 3.14. The van der Waals surface area contributed by atoms with Crippen LogP contribution in [0.4, 0.5) is 0 Å². The lowest BCUT2D eigenvalue weighted by Crippen LogP contribution is -2.22. The third-order valence-corrected chi connectivity index (χ3v) is 5.29. The Morgan fingerprint density at radius 1 is 0.933 bits per heavy atom. The van der Waals surface area contributed by atoms with Crippen molar-refractivity contribution in [2.45, 2.75) is 12.0 Å². The number of rotatable bonds is 6. The van der Waals surface area contributed by atoms with Crippen LogP contribution in [0.2, 0.25) is 0 Å². The van der Waals surface area contributed by atoms with Crippen molar-refractivity contribution in [1.29, 1.82) is 0 Å². The van der Waals surface area contributed by atoms with Gasteiger partial charge < -0.3 is 19.4 Å². The molecule has 1 heterocycles. The quantitative estimate of drug-likeness (QED) is 0.282. The molecule has 30 heavy (non-hydrogen) atoms. The number of hydrogen-bond donors (Lipinski definition) is 1. The zero-order chi connectivity index (χ0) is 21.1. The van der Waals surface area contributed by atoms with E-state index in [9.17, 15) is 10.0 Å². The third-order valence-electron chi connectivity index (χ3n) is 5.29. The number of cyclic esters (lactones) is 1. The number of nitrogens with zero attached hydrogens (tertiary/aromatic N) is 1. The Kier molecular flexibility index (Phi) is 5.39. The number of esters is 1. The monoisotopic (exact) mass is 403 g/mol. The van der Waals surface area contributed by atoms with Gasteiger partial charge in [0.25, 0.3) is 0 Å². The zero-order valence-corrected chi connectivity index (χ0v) is 16.6. The van der Waals surface area contributed by atoms with Gasteiger partial charge in [0.1, 0.15) is 17.6 Å². The van der Waals surface area contributed by atoms with Gasteiger partial charge >= 0.3 is 5.97 Å². The van der Waals surface area contributed by atoms with Crippen molar-refractivity contribution >= 4 is 11.7 Å². The number of oxime groups is 1. The molecule has 4 rings (SSSR count). The van der Waals surface area contributed by atoms with Gasteiger partial charge in [0.2, 0.25) is 0 Å². The lowest BCUT2D eigenvalue weighted by molar-refractivity contribution is 0.0366. The Morgan fingerprint density at radius 3 is 2.13 bits per heavy atom. The highest BCUT2D eigenvalue weighted by Gasteiger charge is 2.40. The second-order valence-corrected chi connectivity index (χ2v) is 6.88. The van der Waals surface area contributed by atoms with Crippen LogP contribution in [0.1, 0.15) is 39.1 Å². The van der Waals surface area contributed by atoms with Crippen molar-refractivity contribution in [3.8, 4) is 11.5 Å². The van der Waals surface area contributed by atoms with Crippen molar-refractivity contribution in [2.24, 2.45) is 5.16 Å². The molecule has 6 heteroatoms.